The fourth-order valence-electron chi connectivity index (χ4n) is 2.85. The van der Waals surface area contributed by atoms with Gasteiger partial charge in [-0.15, -0.1) is 0 Å². The Labute approximate surface area is 108 Å². The molecule has 0 spiro atoms. The van der Waals surface area contributed by atoms with Crippen LogP contribution in [0, 0.1) is 11.3 Å². The lowest BCUT2D eigenvalue weighted by Crippen LogP contribution is -2.46. The smallest absolute Gasteiger partial charge is 0.0243 e. The van der Waals surface area contributed by atoms with E-state index < -0.39 is 0 Å². The zero-order chi connectivity index (χ0) is 12.9. The maximum atomic E-state index is 3.53. The third kappa shape index (κ3) is 4.97. The summed E-state index contributed by atoms with van der Waals surface area (Å²) in [6.07, 6.45) is 4.10. The minimum Gasteiger partial charge on any atom is -0.315 e. The maximum Gasteiger partial charge on any atom is 0.0243 e. The fourth-order valence-corrected chi connectivity index (χ4v) is 2.85. The van der Waals surface area contributed by atoms with Gasteiger partial charge in [0.05, 0.1) is 0 Å². The van der Waals surface area contributed by atoms with Crippen molar-refractivity contribution in [1.82, 2.24) is 10.2 Å². The van der Waals surface area contributed by atoms with Gasteiger partial charge in [-0.3, -0.25) is 4.90 Å². The second-order valence-electron chi connectivity index (χ2n) is 6.67. The quantitative estimate of drug-likeness (QED) is 0.794. The van der Waals surface area contributed by atoms with Gasteiger partial charge < -0.3 is 5.32 Å². The van der Waals surface area contributed by atoms with Gasteiger partial charge in [0.25, 0.3) is 0 Å². The van der Waals surface area contributed by atoms with E-state index in [4.69, 9.17) is 0 Å². The number of hydrogen-bond donors (Lipinski definition) is 1. The van der Waals surface area contributed by atoms with Crippen molar-refractivity contribution >= 4 is 0 Å². The van der Waals surface area contributed by atoms with Gasteiger partial charge in [0.2, 0.25) is 0 Å². The first-order chi connectivity index (χ1) is 7.96. The van der Waals surface area contributed by atoms with E-state index in [0.717, 1.165) is 19.0 Å². The molecule has 2 nitrogen and oxygen atoms in total. The second kappa shape index (κ2) is 6.75. The first-order valence-electron chi connectivity index (χ1n) is 7.41. The van der Waals surface area contributed by atoms with Crippen LogP contribution in [0.3, 0.4) is 0 Å². The lowest BCUT2D eigenvalue weighted by molar-refractivity contribution is 0.152. The van der Waals surface area contributed by atoms with Crippen molar-refractivity contribution in [2.24, 2.45) is 11.3 Å². The lowest BCUT2D eigenvalue weighted by atomic mass is 9.85. The van der Waals surface area contributed by atoms with Gasteiger partial charge in [-0.2, -0.15) is 0 Å². The lowest BCUT2D eigenvalue weighted by Gasteiger charge is -2.34. The Kier molecular flexibility index (Phi) is 5.94. The SMILES string of the molecule is CCNCC(C(C)C)N1CCCC(C)(C)CC1. The van der Waals surface area contributed by atoms with Crippen LogP contribution >= 0.6 is 0 Å². The summed E-state index contributed by atoms with van der Waals surface area (Å²) in [4.78, 5) is 2.72. The molecule has 1 atom stereocenters. The Morgan fingerprint density at radius 2 is 1.88 bits per heavy atom. The van der Waals surface area contributed by atoms with Crippen molar-refractivity contribution < 1.29 is 0 Å². The van der Waals surface area contributed by atoms with Crippen LogP contribution in [0.2, 0.25) is 0 Å². The standard InChI is InChI=1S/C15H32N2/c1-6-16-12-14(13(2)3)17-10-7-8-15(4,5)9-11-17/h13-14,16H,6-12H2,1-5H3. The molecular formula is C15H32N2. The molecule has 0 radical (unpaired) electrons. The molecule has 1 unspecified atom stereocenters. The second-order valence-corrected chi connectivity index (χ2v) is 6.67. The van der Waals surface area contributed by atoms with E-state index in [1.165, 1.54) is 32.4 Å². The predicted molar refractivity (Wildman–Crippen MR) is 76.4 cm³/mol. The highest BCUT2D eigenvalue weighted by atomic mass is 15.2. The van der Waals surface area contributed by atoms with E-state index in [1.807, 2.05) is 0 Å². The molecule has 1 fully saturated rings. The largest absolute Gasteiger partial charge is 0.315 e. The number of nitrogens with zero attached hydrogens (tertiary/aromatic N) is 1. The van der Waals surface area contributed by atoms with Gasteiger partial charge in [0.1, 0.15) is 0 Å². The van der Waals surface area contributed by atoms with Gasteiger partial charge >= 0.3 is 0 Å². The van der Waals surface area contributed by atoms with Crippen molar-refractivity contribution in [1.29, 1.82) is 0 Å². The molecule has 0 bridgehead atoms. The van der Waals surface area contributed by atoms with Gasteiger partial charge in [-0.25, -0.2) is 0 Å². The van der Waals surface area contributed by atoms with Crippen molar-refractivity contribution in [2.45, 2.75) is 59.9 Å². The van der Waals surface area contributed by atoms with Crippen LogP contribution in [0.4, 0.5) is 0 Å². The summed E-state index contributed by atoms with van der Waals surface area (Å²) in [6, 6.07) is 0.712. The Balaban J connectivity index is 2.55. The molecule has 1 aliphatic rings. The monoisotopic (exact) mass is 240 g/mol. The number of likely N-dealkylation sites (tertiary alicyclic amines) is 1. The highest BCUT2D eigenvalue weighted by Crippen LogP contribution is 2.31. The minimum atomic E-state index is 0.550. The summed E-state index contributed by atoms with van der Waals surface area (Å²) in [6.45, 7) is 16.6. The topological polar surface area (TPSA) is 15.3 Å². The molecule has 2 heteroatoms. The Morgan fingerprint density at radius 3 is 2.47 bits per heavy atom. The molecule has 1 N–H and O–H groups in total. The molecule has 0 amide bonds. The molecule has 0 saturated carbocycles. The highest BCUT2D eigenvalue weighted by Gasteiger charge is 2.27. The van der Waals surface area contributed by atoms with E-state index in [2.05, 4.69) is 44.8 Å². The van der Waals surface area contributed by atoms with E-state index in [1.54, 1.807) is 0 Å². The average Bonchev–Trinajstić information content (AvgIpc) is 2.40. The predicted octanol–water partition coefficient (Wildman–Crippen LogP) is 3.13. The van der Waals surface area contributed by atoms with Gasteiger partial charge in [0, 0.05) is 12.6 Å². The summed E-state index contributed by atoms with van der Waals surface area (Å²) in [5.41, 5.74) is 0.550. The van der Waals surface area contributed by atoms with Crippen molar-refractivity contribution in [2.75, 3.05) is 26.2 Å². The molecule has 17 heavy (non-hydrogen) atoms. The summed E-state index contributed by atoms with van der Waals surface area (Å²) in [5.74, 6) is 0.746. The number of nitrogens with one attached hydrogen (secondary N) is 1. The first-order valence-corrected chi connectivity index (χ1v) is 7.41. The maximum absolute atomic E-state index is 3.53. The third-order valence-corrected chi connectivity index (χ3v) is 4.22. The molecule has 1 aliphatic heterocycles. The number of rotatable bonds is 5. The zero-order valence-corrected chi connectivity index (χ0v) is 12.6. The van der Waals surface area contributed by atoms with Gasteiger partial charge in [-0.1, -0.05) is 34.6 Å². The average molecular weight is 240 g/mol. The van der Waals surface area contributed by atoms with E-state index in [-0.39, 0.29) is 0 Å². The Hall–Kier alpha value is -0.0800. The molecule has 1 saturated heterocycles. The van der Waals surface area contributed by atoms with Crippen LogP contribution in [0.15, 0.2) is 0 Å². The summed E-state index contributed by atoms with van der Waals surface area (Å²) >= 11 is 0. The van der Waals surface area contributed by atoms with Crippen LogP contribution in [0.25, 0.3) is 0 Å². The molecule has 0 aromatic rings. The summed E-state index contributed by atoms with van der Waals surface area (Å²) in [5, 5.41) is 3.53. The number of hydrogen-bond acceptors (Lipinski definition) is 2. The Morgan fingerprint density at radius 1 is 1.18 bits per heavy atom. The van der Waals surface area contributed by atoms with Crippen LogP contribution in [-0.2, 0) is 0 Å². The van der Waals surface area contributed by atoms with Crippen LogP contribution < -0.4 is 5.32 Å². The van der Waals surface area contributed by atoms with E-state index in [0.29, 0.717) is 11.5 Å². The molecule has 0 aliphatic carbocycles. The summed E-state index contributed by atoms with van der Waals surface area (Å²) in [7, 11) is 0. The fraction of sp³-hybridized carbons (Fsp3) is 1.00. The zero-order valence-electron chi connectivity index (χ0n) is 12.6. The molecule has 1 rings (SSSR count). The molecule has 0 aromatic carbocycles. The van der Waals surface area contributed by atoms with Gasteiger partial charge in [0.15, 0.2) is 0 Å². The highest BCUT2D eigenvalue weighted by molar-refractivity contribution is 4.82. The van der Waals surface area contributed by atoms with Crippen LogP contribution in [-0.4, -0.2) is 37.1 Å². The van der Waals surface area contributed by atoms with Gasteiger partial charge in [-0.05, 0) is 50.2 Å². The van der Waals surface area contributed by atoms with Crippen LogP contribution in [0.1, 0.15) is 53.9 Å². The molecule has 0 aromatic heterocycles. The van der Waals surface area contributed by atoms with Crippen molar-refractivity contribution in [3.05, 3.63) is 0 Å². The number of likely N-dealkylation sites (N-methyl/N-ethyl adjacent to an activating group) is 1. The van der Waals surface area contributed by atoms with Crippen LogP contribution in [0.5, 0.6) is 0 Å². The normalized spacial score (nSPS) is 23.6. The Bertz CT molecular complexity index is 211. The molecule has 102 valence electrons. The van der Waals surface area contributed by atoms with Crippen molar-refractivity contribution in [3.8, 4) is 0 Å². The third-order valence-electron chi connectivity index (χ3n) is 4.22. The first kappa shape index (κ1) is 15.0. The molecule has 1 heterocycles. The molecular weight excluding hydrogens is 208 g/mol. The summed E-state index contributed by atoms with van der Waals surface area (Å²) < 4.78 is 0. The van der Waals surface area contributed by atoms with E-state index in [9.17, 15) is 0 Å². The van der Waals surface area contributed by atoms with E-state index >= 15 is 0 Å². The minimum absolute atomic E-state index is 0.550. The van der Waals surface area contributed by atoms with Crippen molar-refractivity contribution in [3.63, 3.8) is 0 Å².